The number of carbonyl (C=O) groups excluding carboxylic acids is 1. The van der Waals surface area contributed by atoms with Crippen LogP contribution >= 0.6 is 0 Å². The predicted octanol–water partition coefficient (Wildman–Crippen LogP) is 1.31. The van der Waals surface area contributed by atoms with Crippen LogP contribution in [0.25, 0.3) is 0 Å². The Morgan fingerprint density at radius 1 is 1.32 bits per heavy atom. The molecule has 2 aliphatic heterocycles. The van der Waals surface area contributed by atoms with Crippen LogP contribution in [0, 0.1) is 13.8 Å². The quantitative estimate of drug-likeness (QED) is 0.842. The SMILES string of the molecule is CO[C@H]1C[C@@H](C(=O)N2CCCC2)N(c2ncc(C)c(C)n2)C1. The summed E-state index contributed by atoms with van der Waals surface area (Å²) in [6.07, 6.45) is 4.80. The first kappa shape index (κ1) is 15.2. The molecule has 6 heteroatoms. The molecule has 2 fully saturated rings. The van der Waals surface area contributed by atoms with E-state index in [1.54, 1.807) is 7.11 Å². The summed E-state index contributed by atoms with van der Waals surface area (Å²) in [5.41, 5.74) is 2.02. The average molecular weight is 304 g/mol. The highest BCUT2D eigenvalue weighted by Gasteiger charge is 2.40. The highest BCUT2D eigenvalue weighted by Crippen LogP contribution is 2.27. The summed E-state index contributed by atoms with van der Waals surface area (Å²) in [7, 11) is 1.70. The zero-order valence-electron chi connectivity index (χ0n) is 13.6. The number of amides is 1. The summed E-state index contributed by atoms with van der Waals surface area (Å²) in [5.74, 6) is 0.832. The van der Waals surface area contributed by atoms with Gasteiger partial charge in [0, 0.05) is 45.1 Å². The van der Waals surface area contributed by atoms with E-state index in [4.69, 9.17) is 4.74 Å². The van der Waals surface area contributed by atoms with Gasteiger partial charge in [0.05, 0.1) is 6.10 Å². The maximum atomic E-state index is 12.8. The van der Waals surface area contributed by atoms with Gasteiger partial charge in [0.25, 0.3) is 0 Å². The van der Waals surface area contributed by atoms with E-state index in [1.807, 2.05) is 29.8 Å². The number of ether oxygens (including phenoxy) is 1. The molecule has 0 unspecified atom stereocenters. The van der Waals surface area contributed by atoms with E-state index in [-0.39, 0.29) is 18.1 Å². The summed E-state index contributed by atoms with van der Waals surface area (Å²) >= 11 is 0. The number of anilines is 1. The highest BCUT2D eigenvalue weighted by atomic mass is 16.5. The molecule has 0 bridgehead atoms. The van der Waals surface area contributed by atoms with Crippen LogP contribution in [0.15, 0.2) is 6.20 Å². The van der Waals surface area contributed by atoms with Crippen molar-refractivity contribution in [1.82, 2.24) is 14.9 Å². The third kappa shape index (κ3) is 2.79. The lowest BCUT2D eigenvalue weighted by molar-refractivity contribution is -0.131. The summed E-state index contributed by atoms with van der Waals surface area (Å²) in [6, 6.07) is -0.204. The number of aryl methyl sites for hydroxylation is 2. The number of methoxy groups -OCH3 is 1. The standard InChI is InChI=1S/C16H24N4O2/c1-11-9-17-16(18-12(11)2)20-10-13(22-3)8-14(20)15(21)19-6-4-5-7-19/h9,13-14H,4-8,10H2,1-3H3/t13-,14-/m0/s1. The Labute approximate surface area is 131 Å². The van der Waals surface area contributed by atoms with Gasteiger partial charge >= 0.3 is 0 Å². The highest BCUT2D eigenvalue weighted by molar-refractivity contribution is 5.85. The minimum Gasteiger partial charge on any atom is -0.380 e. The molecule has 2 saturated heterocycles. The smallest absolute Gasteiger partial charge is 0.245 e. The molecule has 120 valence electrons. The second-order valence-corrected chi connectivity index (χ2v) is 6.23. The van der Waals surface area contributed by atoms with Crippen molar-refractivity contribution in [3.63, 3.8) is 0 Å². The summed E-state index contributed by atoms with van der Waals surface area (Å²) < 4.78 is 5.49. The Bertz CT molecular complexity index is 557. The van der Waals surface area contributed by atoms with E-state index in [1.165, 1.54) is 0 Å². The number of aromatic nitrogens is 2. The number of rotatable bonds is 3. The van der Waals surface area contributed by atoms with Crippen LogP contribution < -0.4 is 4.90 Å². The molecule has 3 heterocycles. The van der Waals surface area contributed by atoms with Crippen molar-refractivity contribution in [3.05, 3.63) is 17.5 Å². The molecule has 3 rings (SSSR count). The van der Waals surface area contributed by atoms with Crippen molar-refractivity contribution in [1.29, 1.82) is 0 Å². The van der Waals surface area contributed by atoms with Gasteiger partial charge in [-0.15, -0.1) is 0 Å². The third-order valence-electron chi connectivity index (χ3n) is 4.77. The van der Waals surface area contributed by atoms with Crippen LogP contribution in [-0.4, -0.2) is 59.7 Å². The van der Waals surface area contributed by atoms with Crippen LogP contribution in [0.5, 0.6) is 0 Å². The molecule has 2 atom stereocenters. The number of carbonyl (C=O) groups is 1. The van der Waals surface area contributed by atoms with Gasteiger partial charge in [-0.05, 0) is 32.3 Å². The van der Waals surface area contributed by atoms with E-state index in [9.17, 15) is 4.79 Å². The van der Waals surface area contributed by atoms with E-state index < -0.39 is 0 Å². The first-order chi connectivity index (χ1) is 10.6. The van der Waals surface area contributed by atoms with Crippen molar-refractivity contribution in [2.75, 3.05) is 31.6 Å². The van der Waals surface area contributed by atoms with Crippen molar-refractivity contribution in [3.8, 4) is 0 Å². The maximum Gasteiger partial charge on any atom is 0.245 e. The predicted molar refractivity (Wildman–Crippen MR) is 83.9 cm³/mol. The van der Waals surface area contributed by atoms with Gasteiger partial charge in [0.1, 0.15) is 6.04 Å². The zero-order chi connectivity index (χ0) is 15.7. The van der Waals surface area contributed by atoms with Gasteiger partial charge in [-0.1, -0.05) is 0 Å². The minimum atomic E-state index is -0.204. The molecule has 0 saturated carbocycles. The molecular weight excluding hydrogens is 280 g/mol. The molecule has 2 aliphatic rings. The van der Waals surface area contributed by atoms with Gasteiger partial charge < -0.3 is 14.5 Å². The fourth-order valence-electron chi connectivity index (χ4n) is 3.23. The first-order valence-electron chi connectivity index (χ1n) is 7.98. The molecule has 0 spiro atoms. The van der Waals surface area contributed by atoms with Gasteiger partial charge in [0.2, 0.25) is 11.9 Å². The molecule has 1 amide bonds. The van der Waals surface area contributed by atoms with Gasteiger partial charge in [0.15, 0.2) is 0 Å². The number of nitrogens with zero attached hydrogens (tertiary/aromatic N) is 4. The van der Waals surface area contributed by atoms with Crippen LogP contribution in [0.1, 0.15) is 30.5 Å². The Balaban J connectivity index is 1.85. The van der Waals surface area contributed by atoms with Gasteiger partial charge in [-0.25, -0.2) is 9.97 Å². The Morgan fingerprint density at radius 2 is 2.05 bits per heavy atom. The molecule has 22 heavy (non-hydrogen) atoms. The summed E-state index contributed by atoms with van der Waals surface area (Å²) in [5, 5.41) is 0. The molecule has 0 aliphatic carbocycles. The third-order valence-corrected chi connectivity index (χ3v) is 4.77. The van der Waals surface area contributed by atoms with E-state index in [2.05, 4.69) is 9.97 Å². The number of likely N-dealkylation sites (tertiary alicyclic amines) is 1. The molecule has 6 nitrogen and oxygen atoms in total. The lowest BCUT2D eigenvalue weighted by atomic mass is 10.1. The average Bonchev–Trinajstić information content (AvgIpc) is 3.18. The molecule has 0 aromatic carbocycles. The molecule has 1 aromatic heterocycles. The first-order valence-corrected chi connectivity index (χ1v) is 7.98. The van der Waals surface area contributed by atoms with Crippen molar-refractivity contribution >= 4 is 11.9 Å². The van der Waals surface area contributed by atoms with Crippen LogP contribution in [0.3, 0.4) is 0 Å². The van der Waals surface area contributed by atoms with Crippen molar-refractivity contribution in [2.45, 2.75) is 45.3 Å². The van der Waals surface area contributed by atoms with Crippen LogP contribution in [0.2, 0.25) is 0 Å². The fraction of sp³-hybridized carbons (Fsp3) is 0.688. The minimum absolute atomic E-state index is 0.0572. The molecular formula is C16H24N4O2. The van der Waals surface area contributed by atoms with E-state index in [0.717, 1.165) is 37.2 Å². The Hall–Kier alpha value is -1.69. The van der Waals surface area contributed by atoms with Gasteiger partial charge in [-0.3, -0.25) is 4.79 Å². The van der Waals surface area contributed by atoms with Crippen LogP contribution in [-0.2, 0) is 9.53 Å². The monoisotopic (exact) mass is 304 g/mol. The van der Waals surface area contributed by atoms with Crippen molar-refractivity contribution in [2.24, 2.45) is 0 Å². The molecule has 0 N–H and O–H groups in total. The molecule has 0 radical (unpaired) electrons. The summed E-state index contributed by atoms with van der Waals surface area (Å²) in [6.45, 7) is 6.38. The second kappa shape index (κ2) is 6.20. The van der Waals surface area contributed by atoms with E-state index >= 15 is 0 Å². The Kier molecular flexibility index (Phi) is 4.29. The van der Waals surface area contributed by atoms with Crippen LogP contribution in [0.4, 0.5) is 5.95 Å². The van der Waals surface area contributed by atoms with Gasteiger partial charge in [-0.2, -0.15) is 0 Å². The normalized spacial score (nSPS) is 25.0. The second-order valence-electron chi connectivity index (χ2n) is 6.23. The van der Waals surface area contributed by atoms with Crippen molar-refractivity contribution < 1.29 is 9.53 Å². The largest absolute Gasteiger partial charge is 0.380 e. The van der Waals surface area contributed by atoms with E-state index in [0.29, 0.717) is 18.9 Å². The zero-order valence-corrected chi connectivity index (χ0v) is 13.6. The lowest BCUT2D eigenvalue weighted by Gasteiger charge is -2.27. The Morgan fingerprint density at radius 3 is 2.68 bits per heavy atom. The fourth-order valence-corrected chi connectivity index (χ4v) is 3.23. The molecule has 1 aromatic rings. The topological polar surface area (TPSA) is 58.6 Å². The maximum absolute atomic E-state index is 12.8. The number of hydrogen-bond donors (Lipinski definition) is 0. The lowest BCUT2D eigenvalue weighted by Crippen LogP contribution is -2.45. The summed E-state index contributed by atoms with van der Waals surface area (Å²) in [4.78, 5) is 25.8. The number of hydrogen-bond acceptors (Lipinski definition) is 5.